The summed E-state index contributed by atoms with van der Waals surface area (Å²) in [6.45, 7) is 16.5. The van der Waals surface area contributed by atoms with Crippen LogP contribution in [0.4, 0.5) is 0 Å². The molecule has 0 aliphatic carbocycles. The monoisotopic (exact) mass is 303 g/mol. The Morgan fingerprint density at radius 2 is 1.33 bits per heavy atom. The topological polar surface area (TPSA) is 35.6 Å². The summed E-state index contributed by atoms with van der Waals surface area (Å²) < 4.78 is 0. The summed E-state index contributed by atoms with van der Waals surface area (Å²) in [5.41, 5.74) is 0. The predicted octanol–water partition coefficient (Wildman–Crippen LogP) is 3.25. The predicted molar refractivity (Wildman–Crippen MR) is 97.9 cm³/mol. The van der Waals surface area contributed by atoms with Crippen LogP contribution in [-0.4, -0.2) is 63.5 Å². The molecule has 0 aromatic carbocycles. The van der Waals surface area contributed by atoms with Crippen LogP contribution in [0.2, 0.25) is 0 Å². The number of nitrogens with zero attached hydrogens (tertiary/aromatic N) is 2. The lowest BCUT2D eigenvalue weighted by Crippen LogP contribution is -2.17. The van der Waals surface area contributed by atoms with Crippen molar-refractivity contribution < 1.29 is 4.79 Å². The van der Waals surface area contributed by atoms with E-state index in [0.717, 1.165) is 6.67 Å². The van der Waals surface area contributed by atoms with Crippen LogP contribution < -0.4 is 5.32 Å². The fraction of sp³-hybridized carbons (Fsp3) is 0.824. The van der Waals surface area contributed by atoms with Gasteiger partial charge in [-0.1, -0.05) is 33.3 Å². The SMILES string of the molecule is C=CC.CCC.CCC(C)=O.CN1CCN(C)C1.CNC. The Morgan fingerprint density at radius 3 is 1.38 bits per heavy atom. The van der Waals surface area contributed by atoms with Crippen molar-refractivity contribution in [1.82, 2.24) is 15.1 Å². The van der Waals surface area contributed by atoms with E-state index in [0.29, 0.717) is 6.42 Å². The van der Waals surface area contributed by atoms with Crippen LogP contribution in [0.5, 0.6) is 0 Å². The molecule has 0 aromatic rings. The first-order valence-corrected chi connectivity index (χ1v) is 7.82. The summed E-state index contributed by atoms with van der Waals surface area (Å²) in [4.78, 5) is 14.4. The van der Waals surface area contributed by atoms with E-state index in [1.54, 1.807) is 13.0 Å². The van der Waals surface area contributed by atoms with Crippen molar-refractivity contribution in [3.8, 4) is 0 Å². The van der Waals surface area contributed by atoms with Gasteiger partial charge in [-0.3, -0.25) is 9.80 Å². The molecule has 0 amide bonds. The molecule has 1 aliphatic rings. The molecule has 1 heterocycles. The van der Waals surface area contributed by atoms with Crippen molar-refractivity contribution in [3.05, 3.63) is 12.7 Å². The number of nitrogens with one attached hydrogen (secondary N) is 1. The highest BCUT2D eigenvalue weighted by Crippen LogP contribution is 1.95. The zero-order chi connectivity index (χ0) is 17.7. The minimum absolute atomic E-state index is 0.255. The maximum atomic E-state index is 9.81. The molecule has 1 fully saturated rings. The number of rotatable bonds is 1. The lowest BCUT2D eigenvalue weighted by Gasteiger charge is -2.06. The zero-order valence-corrected chi connectivity index (χ0v) is 16.1. The van der Waals surface area contributed by atoms with Crippen molar-refractivity contribution in [1.29, 1.82) is 0 Å². The van der Waals surface area contributed by atoms with E-state index in [1.807, 2.05) is 27.9 Å². The minimum atomic E-state index is 0.255. The van der Waals surface area contributed by atoms with Crippen LogP contribution in [0.1, 0.15) is 47.5 Å². The number of hydrogen-bond donors (Lipinski definition) is 1. The van der Waals surface area contributed by atoms with Gasteiger partial charge in [-0.05, 0) is 42.0 Å². The Labute approximate surface area is 134 Å². The summed E-state index contributed by atoms with van der Waals surface area (Å²) in [5, 5.41) is 2.75. The molecule has 0 unspecified atom stereocenters. The molecular formula is C17H41N3O. The first-order chi connectivity index (χ1) is 9.80. The van der Waals surface area contributed by atoms with Crippen LogP contribution in [-0.2, 0) is 4.79 Å². The van der Waals surface area contributed by atoms with E-state index in [9.17, 15) is 4.79 Å². The molecule has 0 saturated carbocycles. The molecule has 0 spiro atoms. The Bertz CT molecular complexity index is 186. The third kappa shape index (κ3) is 54.5. The molecule has 4 heteroatoms. The van der Waals surface area contributed by atoms with Crippen molar-refractivity contribution in [3.63, 3.8) is 0 Å². The Morgan fingerprint density at radius 1 is 1.14 bits per heavy atom. The van der Waals surface area contributed by atoms with Crippen LogP contribution in [0.3, 0.4) is 0 Å². The van der Waals surface area contributed by atoms with Gasteiger partial charge in [0.15, 0.2) is 0 Å². The molecule has 130 valence electrons. The summed E-state index contributed by atoms with van der Waals surface area (Å²) >= 11 is 0. The first-order valence-electron chi connectivity index (χ1n) is 7.82. The highest BCUT2D eigenvalue weighted by molar-refractivity contribution is 5.74. The number of Topliss-reactive ketones (excluding diaryl/α,β-unsaturated/α-hetero) is 1. The second-order valence-corrected chi connectivity index (χ2v) is 4.97. The van der Waals surface area contributed by atoms with E-state index in [-0.39, 0.29) is 5.78 Å². The molecule has 21 heavy (non-hydrogen) atoms. The van der Waals surface area contributed by atoms with Crippen molar-refractivity contribution in [2.45, 2.75) is 47.5 Å². The lowest BCUT2D eigenvalue weighted by atomic mass is 10.4. The van der Waals surface area contributed by atoms with Gasteiger partial charge in [0.05, 0.1) is 6.67 Å². The second kappa shape index (κ2) is 27.6. The van der Waals surface area contributed by atoms with Gasteiger partial charge >= 0.3 is 0 Å². The van der Waals surface area contributed by atoms with Gasteiger partial charge in [-0.2, -0.15) is 0 Å². The van der Waals surface area contributed by atoms with Crippen LogP contribution in [0.25, 0.3) is 0 Å². The number of ketones is 1. The van der Waals surface area contributed by atoms with Crippen LogP contribution in [0, 0.1) is 0 Å². The quantitative estimate of drug-likeness (QED) is 0.754. The minimum Gasteiger partial charge on any atom is -0.323 e. The Kier molecular flexibility index (Phi) is 37.4. The highest BCUT2D eigenvalue weighted by Gasteiger charge is 2.09. The van der Waals surface area contributed by atoms with Gasteiger partial charge in [0.25, 0.3) is 0 Å². The fourth-order valence-electron chi connectivity index (χ4n) is 0.895. The average molecular weight is 304 g/mol. The van der Waals surface area contributed by atoms with E-state index in [1.165, 1.54) is 19.5 Å². The summed E-state index contributed by atoms with van der Waals surface area (Å²) in [6, 6.07) is 0. The lowest BCUT2D eigenvalue weighted by molar-refractivity contribution is -0.116. The Balaban J connectivity index is -0.0000000921. The maximum Gasteiger partial charge on any atom is 0.129 e. The number of carbonyl (C=O) groups excluding carboxylic acids is 1. The molecule has 1 aliphatic heterocycles. The fourth-order valence-corrected chi connectivity index (χ4v) is 0.895. The number of hydrogen-bond acceptors (Lipinski definition) is 4. The van der Waals surface area contributed by atoms with Crippen molar-refractivity contribution >= 4 is 5.78 Å². The average Bonchev–Trinajstić information content (AvgIpc) is 2.77. The standard InChI is InChI=1S/C5H12N2.C4H8O.C3H8.C3H6.C2H7N/c1-6-3-4-7(2)5-6;1-3-4(2)5;3*1-3-2/h3-5H2,1-2H3;3H2,1-2H3;3H2,1-2H3;3H,1H2,2H3;3H,1-2H3. The summed E-state index contributed by atoms with van der Waals surface area (Å²) in [5.74, 6) is 0.255. The normalized spacial score (nSPS) is 13.0. The number of allylic oxidation sites excluding steroid dienone is 1. The first kappa shape index (κ1) is 28.5. The van der Waals surface area contributed by atoms with Crippen LogP contribution in [0.15, 0.2) is 12.7 Å². The molecule has 0 radical (unpaired) electrons. The molecule has 1 saturated heterocycles. The molecule has 4 nitrogen and oxygen atoms in total. The highest BCUT2D eigenvalue weighted by atomic mass is 16.1. The number of carbonyl (C=O) groups is 1. The third-order valence-electron chi connectivity index (χ3n) is 1.84. The molecular weight excluding hydrogens is 262 g/mol. The molecule has 0 atom stereocenters. The molecule has 1 N–H and O–H groups in total. The van der Waals surface area contributed by atoms with Gasteiger partial charge in [-0.25, -0.2) is 0 Å². The third-order valence-corrected chi connectivity index (χ3v) is 1.84. The van der Waals surface area contributed by atoms with E-state index in [4.69, 9.17) is 0 Å². The molecule has 0 bridgehead atoms. The zero-order valence-electron chi connectivity index (χ0n) is 16.1. The summed E-state index contributed by atoms with van der Waals surface area (Å²) in [6.07, 6.45) is 3.67. The molecule has 1 rings (SSSR count). The second-order valence-electron chi connectivity index (χ2n) is 4.97. The van der Waals surface area contributed by atoms with Crippen LogP contribution >= 0.6 is 0 Å². The van der Waals surface area contributed by atoms with Crippen molar-refractivity contribution in [2.24, 2.45) is 0 Å². The van der Waals surface area contributed by atoms with Gasteiger partial charge in [0.2, 0.25) is 0 Å². The van der Waals surface area contributed by atoms with Gasteiger partial charge in [0, 0.05) is 19.5 Å². The Hall–Kier alpha value is -0.710. The molecule has 0 aromatic heterocycles. The van der Waals surface area contributed by atoms with E-state index < -0.39 is 0 Å². The van der Waals surface area contributed by atoms with E-state index in [2.05, 4.69) is 49.6 Å². The summed E-state index contributed by atoms with van der Waals surface area (Å²) in [7, 11) is 8.03. The van der Waals surface area contributed by atoms with Gasteiger partial charge in [-0.15, -0.1) is 6.58 Å². The van der Waals surface area contributed by atoms with Gasteiger partial charge in [0.1, 0.15) is 5.78 Å². The maximum absolute atomic E-state index is 9.81. The van der Waals surface area contributed by atoms with Crippen molar-refractivity contribution in [2.75, 3.05) is 47.9 Å². The number of likely N-dealkylation sites (N-methyl/N-ethyl adjacent to an activating group) is 2. The largest absolute Gasteiger partial charge is 0.323 e. The van der Waals surface area contributed by atoms with Gasteiger partial charge < -0.3 is 10.1 Å². The smallest absolute Gasteiger partial charge is 0.129 e. The van der Waals surface area contributed by atoms with E-state index >= 15 is 0 Å².